The van der Waals surface area contributed by atoms with Gasteiger partial charge in [0.2, 0.25) is 10.0 Å². The van der Waals surface area contributed by atoms with Gasteiger partial charge in [-0.25, -0.2) is 16.8 Å². The minimum absolute atomic E-state index is 0.174. The first-order valence-electron chi connectivity index (χ1n) is 10.9. The highest BCUT2D eigenvalue weighted by Crippen LogP contribution is 2.29. The van der Waals surface area contributed by atoms with Gasteiger partial charge in [0, 0.05) is 18.8 Å². The van der Waals surface area contributed by atoms with Gasteiger partial charge in [-0.15, -0.1) is 0 Å². The Bertz CT molecular complexity index is 1170. The molecule has 0 saturated carbocycles. The highest BCUT2D eigenvalue weighted by atomic mass is 32.2. The lowest BCUT2D eigenvalue weighted by molar-refractivity contribution is 0.222. The Balaban J connectivity index is 1.84. The van der Waals surface area contributed by atoms with Crippen LogP contribution in [0.2, 0.25) is 0 Å². The second-order valence-electron chi connectivity index (χ2n) is 10.1. The molecule has 176 valence electrons. The van der Waals surface area contributed by atoms with E-state index >= 15 is 0 Å². The molecule has 0 spiro atoms. The van der Waals surface area contributed by atoms with E-state index in [0.717, 1.165) is 12.0 Å². The van der Waals surface area contributed by atoms with E-state index in [1.165, 1.54) is 28.6 Å². The number of piperidine rings is 1. The molecule has 0 aliphatic carbocycles. The number of aryl methyl sites for hydroxylation is 1. The van der Waals surface area contributed by atoms with Gasteiger partial charge in [0.1, 0.15) is 0 Å². The van der Waals surface area contributed by atoms with E-state index in [4.69, 9.17) is 0 Å². The molecule has 1 aliphatic heterocycles. The number of hydrogen-bond donors (Lipinski definition) is 1. The van der Waals surface area contributed by atoms with E-state index in [2.05, 4.69) is 18.6 Å². The summed E-state index contributed by atoms with van der Waals surface area (Å²) in [6, 6.07) is 11.4. The molecule has 32 heavy (non-hydrogen) atoms. The van der Waals surface area contributed by atoms with Crippen LogP contribution in [0.5, 0.6) is 0 Å². The highest BCUT2D eigenvalue weighted by molar-refractivity contribution is 7.92. The zero-order valence-corrected chi connectivity index (χ0v) is 21.3. The van der Waals surface area contributed by atoms with Gasteiger partial charge in [0.05, 0.1) is 9.79 Å². The van der Waals surface area contributed by atoms with Crippen molar-refractivity contribution in [3.05, 3.63) is 53.6 Å². The fraction of sp³-hybridized carbons (Fsp3) is 0.500. The largest absolute Gasteiger partial charge is 0.280 e. The second-order valence-corrected chi connectivity index (χ2v) is 13.7. The third kappa shape index (κ3) is 5.35. The summed E-state index contributed by atoms with van der Waals surface area (Å²) < 4.78 is 56.4. The predicted molar refractivity (Wildman–Crippen MR) is 129 cm³/mol. The third-order valence-electron chi connectivity index (χ3n) is 5.92. The summed E-state index contributed by atoms with van der Waals surface area (Å²) in [5, 5.41) is 0. The molecule has 1 heterocycles. The average molecular weight is 479 g/mol. The summed E-state index contributed by atoms with van der Waals surface area (Å²) in [6.07, 6.45) is 1.02. The summed E-state index contributed by atoms with van der Waals surface area (Å²) in [7, 11) is -7.43. The van der Waals surface area contributed by atoms with E-state index in [1.807, 2.05) is 32.9 Å². The molecule has 0 bridgehead atoms. The van der Waals surface area contributed by atoms with Crippen LogP contribution in [0.4, 0.5) is 5.69 Å². The number of benzene rings is 2. The van der Waals surface area contributed by atoms with Crippen LogP contribution in [0, 0.1) is 18.8 Å². The van der Waals surface area contributed by atoms with Crippen LogP contribution in [0.3, 0.4) is 0 Å². The Morgan fingerprint density at radius 1 is 0.906 bits per heavy atom. The minimum Gasteiger partial charge on any atom is -0.280 e. The lowest BCUT2D eigenvalue weighted by Gasteiger charge is -2.34. The molecular weight excluding hydrogens is 444 g/mol. The van der Waals surface area contributed by atoms with Gasteiger partial charge in [0.25, 0.3) is 10.0 Å². The maximum Gasteiger partial charge on any atom is 0.262 e. The van der Waals surface area contributed by atoms with E-state index in [-0.39, 0.29) is 15.2 Å². The van der Waals surface area contributed by atoms with Crippen LogP contribution < -0.4 is 4.72 Å². The molecule has 0 amide bonds. The van der Waals surface area contributed by atoms with Gasteiger partial charge in [-0.05, 0) is 72.1 Å². The van der Waals surface area contributed by atoms with Crippen molar-refractivity contribution in [2.75, 3.05) is 17.8 Å². The molecule has 1 N–H and O–H groups in total. The number of nitrogens with zero attached hydrogens (tertiary/aromatic N) is 1. The summed E-state index contributed by atoms with van der Waals surface area (Å²) in [4.78, 5) is 0.394. The Morgan fingerprint density at radius 2 is 1.47 bits per heavy atom. The third-order valence-corrected chi connectivity index (χ3v) is 9.29. The SMILES string of the molecule is Cc1ccc(C(C)(C)C)cc1S(=O)(=O)Nc1ccc(S(=O)(=O)N2C[C@@H](C)C[C@H](C)C2)cc1. The highest BCUT2D eigenvalue weighted by Gasteiger charge is 2.31. The molecule has 3 rings (SSSR count). The Morgan fingerprint density at radius 3 is 2.00 bits per heavy atom. The van der Waals surface area contributed by atoms with E-state index in [1.54, 1.807) is 13.0 Å². The molecular formula is C24H34N2O4S2. The monoisotopic (exact) mass is 478 g/mol. The van der Waals surface area contributed by atoms with Crippen LogP contribution >= 0.6 is 0 Å². The molecule has 8 heteroatoms. The molecule has 1 fully saturated rings. The zero-order valence-electron chi connectivity index (χ0n) is 19.7. The normalized spacial score (nSPS) is 20.8. The Kier molecular flexibility index (Phi) is 6.80. The van der Waals surface area contributed by atoms with Gasteiger partial charge in [-0.3, -0.25) is 4.72 Å². The molecule has 2 aromatic rings. The topological polar surface area (TPSA) is 83.5 Å². The zero-order chi connectivity index (χ0) is 23.9. The first kappa shape index (κ1) is 24.7. The van der Waals surface area contributed by atoms with Crippen LogP contribution in [0.25, 0.3) is 0 Å². The molecule has 0 radical (unpaired) electrons. The van der Waals surface area contributed by atoms with Gasteiger partial charge in [-0.1, -0.05) is 46.8 Å². The Labute approximate surface area is 193 Å². The van der Waals surface area contributed by atoms with Crippen molar-refractivity contribution in [3.8, 4) is 0 Å². The van der Waals surface area contributed by atoms with Crippen LogP contribution in [-0.4, -0.2) is 34.2 Å². The molecule has 6 nitrogen and oxygen atoms in total. The number of rotatable bonds is 5. The number of nitrogens with one attached hydrogen (secondary N) is 1. The number of sulfonamides is 2. The number of hydrogen-bond acceptors (Lipinski definition) is 4. The first-order valence-corrected chi connectivity index (χ1v) is 13.9. The Hall–Kier alpha value is -1.90. The molecule has 0 aromatic heterocycles. The van der Waals surface area contributed by atoms with Crippen LogP contribution in [0.15, 0.2) is 52.3 Å². The van der Waals surface area contributed by atoms with Gasteiger partial charge >= 0.3 is 0 Å². The van der Waals surface area contributed by atoms with Crippen LogP contribution in [0.1, 0.15) is 52.2 Å². The summed E-state index contributed by atoms with van der Waals surface area (Å²) in [5.74, 6) is 0.624. The predicted octanol–water partition coefficient (Wildman–Crippen LogP) is 4.76. The van der Waals surface area contributed by atoms with Crippen molar-refractivity contribution in [2.24, 2.45) is 11.8 Å². The molecule has 0 unspecified atom stereocenters. The maximum absolute atomic E-state index is 13.1. The van der Waals surface area contributed by atoms with Gasteiger partial charge in [0.15, 0.2) is 0 Å². The maximum atomic E-state index is 13.1. The molecule has 2 atom stereocenters. The smallest absolute Gasteiger partial charge is 0.262 e. The van der Waals surface area contributed by atoms with Crippen molar-refractivity contribution in [1.29, 1.82) is 0 Å². The van der Waals surface area contributed by atoms with Crippen molar-refractivity contribution >= 4 is 25.7 Å². The fourth-order valence-electron chi connectivity index (χ4n) is 4.21. The molecule has 2 aromatic carbocycles. The molecule has 1 aliphatic rings. The van der Waals surface area contributed by atoms with Crippen molar-refractivity contribution in [1.82, 2.24) is 4.31 Å². The number of anilines is 1. The van der Waals surface area contributed by atoms with E-state index < -0.39 is 20.0 Å². The lowest BCUT2D eigenvalue weighted by atomic mass is 9.87. The van der Waals surface area contributed by atoms with Crippen molar-refractivity contribution in [3.63, 3.8) is 0 Å². The van der Waals surface area contributed by atoms with Crippen LogP contribution in [-0.2, 0) is 25.5 Å². The van der Waals surface area contributed by atoms with Gasteiger partial charge < -0.3 is 0 Å². The second kappa shape index (κ2) is 8.80. The van der Waals surface area contributed by atoms with Gasteiger partial charge in [-0.2, -0.15) is 4.31 Å². The summed E-state index contributed by atoms with van der Waals surface area (Å²) in [5.41, 5.74) is 1.72. The fourth-order valence-corrected chi connectivity index (χ4v) is 7.22. The van der Waals surface area contributed by atoms with E-state index in [0.29, 0.717) is 36.2 Å². The minimum atomic E-state index is -3.82. The van der Waals surface area contributed by atoms with Crippen molar-refractivity contribution < 1.29 is 16.8 Å². The van der Waals surface area contributed by atoms with Crippen molar-refractivity contribution in [2.45, 2.75) is 63.2 Å². The molecule has 1 saturated heterocycles. The summed E-state index contributed by atoms with van der Waals surface area (Å²) >= 11 is 0. The average Bonchev–Trinajstić information content (AvgIpc) is 2.66. The van der Waals surface area contributed by atoms with E-state index in [9.17, 15) is 16.8 Å². The summed E-state index contributed by atoms with van der Waals surface area (Å²) in [6.45, 7) is 13.0. The first-order chi connectivity index (χ1) is 14.7. The lowest BCUT2D eigenvalue weighted by Crippen LogP contribution is -2.42. The quantitative estimate of drug-likeness (QED) is 0.672. The standard InChI is InChI=1S/C24H34N2O4S2/c1-17-13-18(2)16-26(15-17)32(29,30)22-11-9-21(10-12-22)25-31(27,28)23-14-20(24(4,5)6)8-7-19(23)3/h7-12,14,17-18,25H,13,15-16H2,1-6H3/t17-,18-/m0/s1.